The van der Waals surface area contributed by atoms with Gasteiger partial charge in [-0.2, -0.15) is 13.2 Å². The number of alkyl halides is 3. The molecule has 1 aliphatic heterocycles. The van der Waals surface area contributed by atoms with Crippen molar-refractivity contribution < 1.29 is 37.0 Å². The molecule has 0 bridgehead atoms. The minimum absolute atomic E-state index is 0.207. The van der Waals surface area contributed by atoms with E-state index in [0.29, 0.717) is 17.1 Å². The number of rotatable bonds is 5. The van der Waals surface area contributed by atoms with E-state index in [1.807, 2.05) is 30.3 Å². The molecule has 0 aliphatic carbocycles. The Morgan fingerprint density at radius 2 is 1.79 bits per heavy atom. The summed E-state index contributed by atoms with van der Waals surface area (Å²) < 4.78 is 53.4. The Hall–Kier alpha value is -3.23. The lowest BCUT2D eigenvalue weighted by Gasteiger charge is -2.17. The van der Waals surface area contributed by atoms with Gasteiger partial charge in [0.2, 0.25) is 0 Å². The number of carbonyl (C=O) groups is 2. The van der Waals surface area contributed by atoms with Crippen LogP contribution in [-0.4, -0.2) is 31.2 Å². The lowest BCUT2D eigenvalue weighted by atomic mass is 10.1. The highest BCUT2D eigenvalue weighted by Crippen LogP contribution is 2.41. The number of nitrogens with one attached hydrogen (secondary N) is 1. The molecule has 1 N–H and O–H groups in total. The molecule has 2 aromatic rings. The summed E-state index contributed by atoms with van der Waals surface area (Å²) in [6.45, 7) is 0. The predicted octanol–water partition coefficient (Wildman–Crippen LogP) is 2.92. The van der Waals surface area contributed by atoms with E-state index in [-0.39, 0.29) is 6.42 Å². The van der Waals surface area contributed by atoms with Gasteiger partial charge < -0.3 is 19.5 Å². The third-order valence-electron chi connectivity index (χ3n) is 4.04. The lowest BCUT2D eigenvalue weighted by Crippen LogP contribution is -2.48. The number of halogens is 3. The molecular weight excluding hydrogens is 379 g/mol. The van der Waals surface area contributed by atoms with Crippen LogP contribution in [0.25, 0.3) is 0 Å². The van der Waals surface area contributed by atoms with Gasteiger partial charge in [0, 0.05) is 12.0 Å². The Morgan fingerprint density at radius 3 is 2.43 bits per heavy atom. The number of methoxy groups -OCH3 is 1. The first kappa shape index (κ1) is 19.5. The summed E-state index contributed by atoms with van der Waals surface area (Å²) in [6.07, 6.45) is -5.96. The molecule has 2 aromatic carbocycles. The molecule has 0 aromatic heterocycles. The first-order valence-corrected chi connectivity index (χ1v) is 8.24. The highest BCUT2D eigenvalue weighted by molar-refractivity contribution is 5.87. The van der Waals surface area contributed by atoms with Crippen molar-refractivity contribution in [1.29, 1.82) is 0 Å². The average Bonchev–Trinajstić information content (AvgIpc) is 3.10. The van der Waals surface area contributed by atoms with Crippen molar-refractivity contribution >= 4 is 11.9 Å². The van der Waals surface area contributed by atoms with Crippen LogP contribution in [0.5, 0.6) is 11.5 Å². The monoisotopic (exact) mass is 395 g/mol. The average molecular weight is 395 g/mol. The van der Waals surface area contributed by atoms with E-state index in [1.165, 1.54) is 0 Å². The van der Waals surface area contributed by atoms with Crippen molar-refractivity contribution in [2.24, 2.45) is 0 Å². The second-order valence-electron chi connectivity index (χ2n) is 6.01. The highest BCUT2D eigenvalue weighted by Gasteiger charge is 2.41. The Balaban J connectivity index is 1.74. The first-order chi connectivity index (χ1) is 13.3. The molecule has 0 fully saturated rings. The predicted molar refractivity (Wildman–Crippen MR) is 90.6 cm³/mol. The van der Waals surface area contributed by atoms with E-state index in [4.69, 9.17) is 9.47 Å². The number of fused-ring (bicyclic) bond motifs is 1. The summed E-state index contributed by atoms with van der Waals surface area (Å²) >= 11 is 0. The highest BCUT2D eigenvalue weighted by atomic mass is 19.4. The van der Waals surface area contributed by atoms with Crippen LogP contribution in [-0.2, 0) is 20.7 Å². The molecule has 0 radical (unpaired) electrons. The maximum atomic E-state index is 12.5. The fraction of sp³-hybridized carbons (Fsp3) is 0.263. The van der Waals surface area contributed by atoms with Gasteiger partial charge in [0.1, 0.15) is 6.04 Å². The summed E-state index contributed by atoms with van der Waals surface area (Å²) in [6, 6.07) is 12.4. The molecule has 0 spiro atoms. The topological polar surface area (TPSA) is 73.9 Å². The van der Waals surface area contributed by atoms with E-state index < -0.39 is 30.4 Å². The van der Waals surface area contributed by atoms with Crippen LogP contribution in [0, 0.1) is 0 Å². The van der Waals surface area contributed by atoms with Crippen LogP contribution >= 0.6 is 0 Å². The van der Waals surface area contributed by atoms with Gasteiger partial charge in [-0.1, -0.05) is 36.4 Å². The third kappa shape index (κ3) is 4.36. The van der Waals surface area contributed by atoms with Gasteiger partial charge in [-0.15, -0.1) is 0 Å². The Bertz CT molecular complexity index is 870. The second-order valence-corrected chi connectivity index (χ2v) is 6.01. The van der Waals surface area contributed by atoms with Gasteiger partial charge >= 0.3 is 18.1 Å². The van der Waals surface area contributed by atoms with Crippen molar-refractivity contribution in [3.63, 3.8) is 0 Å². The Kier molecular flexibility index (Phi) is 5.43. The molecule has 6 nitrogen and oxygen atoms in total. The summed E-state index contributed by atoms with van der Waals surface area (Å²) in [5.41, 5.74) is 1.26. The maximum Gasteiger partial charge on any atom is 0.471 e. The van der Waals surface area contributed by atoms with Gasteiger partial charge in [0.05, 0.1) is 7.11 Å². The zero-order valence-electron chi connectivity index (χ0n) is 14.7. The molecule has 2 atom stereocenters. The second kappa shape index (κ2) is 7.79. The fourth-order valence-corrected chi connectivity index (χ4v) is 2.68. The zero-order valence-corrected chi connectivity index (χ0v) is 14.7. The normalized spacial score (nSPS) is 16.4. The van der Waals surface area contributed by atoms with Crippen LogP contribution in [0.15, 0.2) is 48.5 Å². The minimum Gasteiger partial charge on any atom is -0.467 e. The van der Waals surface area contributed by atoms with Crippen molar-refractivity contribution in [2.45, 2.75) is 24.9 Å². The van der Waals surface area contributed by atoms with Crippen LogP contribution in [0.1, 0.15) is 17.4 Å². The zero-order chi connectivity index (χ0) is 20.3. The number of esters is 1. The third-order valence-corrected chi connectivity index (χ3v) is 4.04. The maximum absolute atomic E-state index is 12.5. The quantitative estimate of drug-likeness (QED) is 0.788. The molecule has 9 heteroatoms. The Morgan fingerprint density at radius 1 is 1.11 bits per heavy atom. The summed E-state index contributed by atoms with van der Waals surface area (Å²) in [7, 11) is 1.03. The molecular formula is C19H16F3NO5. The first-order valence-electron chi connectivity index (χ1n) is 8.24. The standard InChI is InChI=1S/C19H16F3NO5/c1-26-16(24)13(23-18(25)19(20,21)22)9-11-7-8-14-15(10-11)28-17(27-14)12-5-3-2-4-6-12/h2-8,10,13,17H,9H2,1H3,(H,23,25). The molecule has 1 heterocycles. The fourth-order valence-electron chi connectivity index (χ4n) is 2.68. The van der Waals surface area contributed by atoms with Gasteiger partial charge in [-0.3, -0.25) is 4.79 Å². The van der Waals surface area contributed by atoms with Crippen molar-refractivity contribution in [2.75, 3.05) is 7.11 Å². The number of carbonyl (C=O) groups excluding carboxylic acids is 2. The van der Waals surface area contributed by atoms with Gasteiger partial charge in [0.15, 0.2) is 11.5 Å². The molecule has 148 valence electrons. The van der Waals surface area contributed by atoms with E-state index in [1.54, 1.807) is 23.5 Å². The van der Waals surface area contributed by atoms with Crippen molar-refractivity contribution in [3.05, 3.63) is 59.7 Å². The molecule has 28 heavy (non-hydrogen) atoms. The van der Waals surface area contributed by atoms with Gasteiger partial charge in [-0.05, 0) is 17.7 Å². The largest absolute Gasteiger partial charge is 0.471 e. The van der Waals surface area contributed by atoms with E-state index in [2.05, 4.69) is 4.74 Å². The summed E-state index contributed by atoms with van der Waals surface area (Å²) in [5, 5.41) is 1.65. The molecule has 0 saturated heterocycles. The molecule has 2 unspecified atom stereocenters. The van der Waals surface area contributed by atoms with E-state index in [0.717, 1.165) is 12.7 Å². The van der Waals surface area contributed by atoms with Gasteiger partial charge in [-0.25, -0.2) is 4.79 Å². The van der Waals surface area contributed by atoms with Gasteiger partial charge in [0.25, 0.3) is 6.29 Å². The lowest BCUT2D eigenvalue weighted by molar-refractivity contribution is -0.175. The van der Waals surface area contributed by atoms with Crippen LogP contribution in [0.3, 0.4) is 0 Å². The van der Waals surface area contributed by atoms with E-state index >= 15 is 0 Å². The number of hydrogen-bond donors (Lipinski definition) is 1. The van der Waals surface area contributed by atoms with Crippen LogP contribution in [0.2, 0.25) is 0 Å². The van der Waals surface area contributed by atoms with Crippen LogP contribution < -0.4 is 14.8 Å². The molecule has 1 amide bonds. The van der Waals surface area contributed by atoms with Crippen molar-refractivity contribution in [1.82, 2.24) is 5.32 Å². The number of ether oxygens (including phenoxy) is 3. The van der Waals surface area contributed by atoms with Crippen LogP contribution in [0.4, 0.5) is 13.2 Å². The Labute approximate surface area is 158 Å². The van der Waals surface area contributed by atoms with E-state index in [9.17, 15) is 22.8 Å². The number of benzene rings is 2. The SMILES string of the molecule is COC(=O)C(Cc1ccc2c(c1)OC(c1ccccc1)O2)NC(=O)C(F)(F)F. The summed E-state index contributed by atoms with van der Waals surface area (Å²) in [5.74, 6) is -2.35. The number of hydrogen-bond acceptors (Lipinski definition) is 5. The smallest absolute Gasteiger partial charge is 0.467 e. The molecule has 3 rings (SSSR count). The molecule has 0 saturated carbocycles. The van der Waals surface area contributed by atoms with Crippen molar-refractivity contribution in [3.8, 4) is 11.5 Å². The molecule has 1 aliphatic rings. The summed E-state index contributed by atoms with van der Waals surface area (Å²) in [4.78, 5) is 23.0. The number of amides is 1. The minimum atomic E-state index is -5.11.